The molecule has 3 aliphatic heterocycles. The minimum Gasteiger partial charge on any atom is -0.439 e. The van der Waals surface area contributed by atoms with Crippen LogP contribution >= 0.6 is 0 Å². The Morgan fingerprint density at radius 1 is 1.18 bits per heavy atom. The van der Waals surface area contributed by atoms with E-state index in [0.717, 1.165) is 30.6 Å². The van der Waals surface area contributed by atoms with Crippen LogP contribution in [0, 0.1) is 6.92 Å². The smallest absolute Gasteiger partial charge is 0.284 e. The molecule has 1 unspecified atom stereocenters. The summed E-state index contributed by atoms with van der Waals surface area (Å²) in [6.45, 7) is 2.83. The van der Waals surface area contributed by atoms with Gasteiger partial charge < -0.3 is 15.4 Å². The van der Waals surface area contributed by atoms with E-state index in [1.165, 1.54) is 12.4 Å². The van der Waals surface area contributed by atoms with Gasteiger partial charge in [-0.1, -0.05) is 0 Å². The zero-order valence-electron chi connectivity index (χ0n) is 22.0. The van der Waals surface area contributed by atoms with Crippen LogP contribution in [0.3, 0.4) is 0 Å². The molecule has 3 aromatic rings. The maximum atomic E-state index is 14.6. The molecule has 0 spiro atoms. The molecule has 0 saturated carbocycles. The molecule has 0 aliphatic carbocycles. The number of aliphatic imine (C=N–C) groups is 1. The van der Waals surface area contributed by atoms with Gasteiger partial charge in [-0.05, 0) is 81.4 Å². The van der Waals surface area contributed by atoms with E-state index in [-0.39, 0.29) is 12.2 Å². The van der Waals surface area contributed by atoms with E-state index < -0.39 is 11.7 Å². The maximum absolute atomic E-state index is 14.6. The quantitative estimate of drug-likeness (QED) is 0.384. The van der Waals surface area contributed by atoms with Crippen LogP contribution in [0.25, 0.3) is 10.9 Å². The Morgan fingerprint density at radius 2 is 2.05 bits per heavy atom. The number of nitrogens with one attached hydrogen (secondary N) is 3. The van der Waals surface area contributed by atoms with Gasteiger partial charge >= 0.3 is 0 Å². The van der Waals surface area contributed by atoms with Crippen molar-refractivity contribution >= 4 is 46.7 Å². The third kappa shape index (κ3) is 5.34. The topological polar surface area (TPSA) is 119 Å². The van der Waals surface area contributed by atoms with Gasteiger partial charge in [-0.15, -0.1) is 0 Å². The number of carbonyl (C=O) groups excluding carboxylic acids is 1. The number of hydrazone groups is 1. The first kappa shape index (κ1) is 25.4. The van der Waals surface area contributed by atoms with Crippen LogP contribution in [0.5, 0.6) is 5.75 Å². The molecular formula is C28H28FN9O2. The minimum absolute atomic E-state index is 0.0665. The molecule has 1 amide bonds. The summed E-state index contributed by atoms with van der Waals surface area (Å²) >= 11 is 0. The summed E-state index contributed by atoms with van der Waals surface area (Å²) in [6, 6.07) is 10.8. The predicted molar refractivity (Wildman–Crippen MR) is 152 cm³/mol. The number of hydrogen-bond donors (Lipinski definition) is 3. The first-order valence-electron chi connectivity index (χ1n) is 12.9. The molecule has 2 aromatic carbocycles. The summed E-state index contributed by atoms with van der Waals surface area (Å²) in [7, 11) is 1.93. The first-order valence-corrected chi connectivity index (χ1v) is 12.9. The van der Waals surface area contributed by atoms with E-state index in [0.29, 0.717) is 34.0 Å². The second-order valence-electron chi connectivity index (χ2n) is 9.84. The van der Waals surface area contributed by atoms with Crippen molar-refractivity contribution in [3.8, 4) is 5.75 Å². The van der Waals surface area contributed by atoms with Crippen molar-refractivity contribution < 1.29 is 13.9 Å². The van der Waals surface area contributed by atoms with Gasteiger partial charge in [-0.25, -0.2) is 19.4 Å². The molecule has 1 fully saturated rings. The Labute approximate surface area is 230 Å². The van der Waals surface area contributed by atoms with E-state index in [1.807, 2.05) is 48.0 Å². The standard InChI is InChI=1S/C28H28FN9O2/c1-17-10-18(6-8-24(17)40-26-13-25-36-33-16-38(25)15-32-26)34-27-21-11-19(5-7-23(21)30-14-31-27)35-28(39)22(29)12-20-4-3-9-37(20)2/h5-8,10-16,20,25,36H,3-4,9H2,1-2H3,(H,35,39)(H,30,31,34)/b22-12-/t20-,25?/m1/s1. The number of hydrogen-bond acceptors (Lipinski definition) is 10. The number of nitrogens with zero attached hydrogens (tertiary/aromatic N) is 6. The molecule has 12 heteroatoms. The highest BCUT2D eigenvalue weighted by Gasteiger charge is 2.23. The van der Waals surface area contributed by atoms with Crippen LogP contribution in [-0.4, -0.2) is 64.2 Å². The normalized spacial score (nSPS) is 20.3. The average molecular weight is 542 g/mol. The summed E-state index contributed by atoms with van der Waals surface area (Å²) in [5.74, 6) is 0.112. The fourth-order valence-corrected chi connectivity index (χ4v) is 4.81. The zero-order valence-corrected chi connectivity index (χ0v) is 22.0. The van der Waals surface area contributed by atoms with Crippen molar-refractivity contribution in [3.63, 3.8) is 0 Å². The zero-order chi connectivity index (χ0) is 27.6. The number of halogens is 1. The van der Waals surface area contributed by atoms with Crippen molar-refractivity contribution in [3.05, 3.63) is 72.2 Å². The van der Waals surface area contributed by atoms with Crippen LogP contribution in [0.2, 0.25) is 0 Å². The largest absolute Gasteiger partial charge is 0.439 e. The molecule has 4 heterocycles. The molecular weight excluding hydrogens is 513 g/mol. The molecule has 0 radical (unpaired) electrons. The van der Waals surface area contributed by atoms with E-state index in [9.17, 15) is 9.18 Å². The van der Waals surface area contributed by atoms with Crippen molar-refractivity contribution in [2.45, 2.75) is 32.0 Å². The predicted octanol–water partition coefficient (Wildman–Crippen LogP) is 4.00. The van der Waals surface area contributed by atoms with Gasteiger partial charge in [0.2, 0.25) is 5.88 Å². The molecule has 204 valence electrons. The molecule has 2 atom stereocenters. The Kier molecular flexibility index (Phi) is 6.83. The fourth-order valence-electron chi connectivity index (χ4n) is 4.81. The second-order valence-corrected chi connectivity index (χ2v) is 9.84. The number of aryl methyl sites for hydroxylation is 1. The number of anilines is 3. The van der Waals surface area contributed by atoms with E-state index in [1.54, 1.807) is 30.9 Å². The Bertz CT molecular complexity index is 1590. The van der Waals surface area contributed by atoms with Gasteiger partial charge in [0.15, 0.2) is 5.83 Å². The van der Waals surface area contributed by atoms with E-state index in [2.05, 4.69) is 36.1 Å². The third-order valence-electron chi connectivity index (χ3n) is 7.02. The Balaban J connectivity index is 1.17. The highest BCUT2D eigenvalue weighted by atomic mass is 19.1. The van der Waals surface area contributed by atoms with Gasteiger partial charge in [0.05, 0.1) is 5.52 Å². The summed E-state index contributed by atoms with van der Waals surface area (Å²) in [5, 5.41) is 10.7. The number of likely N-dealkylation sites (N-methyl/N-ethyl adjacent to an activating group) is 1. The van der Waals surface area contributed by atoms with Crippen LogP contribution in [-0.2, 0) is 4.79 Å². The average Bonchev–Trinajstić information content (AvgIpc) is 3.58. The number of aromatic nitrogens is 2. The monoisotopic (exact) mass is 541 g/mol. The van der Waals surface area contributed by atoms with Crippen molar-refractivity contribution in [2.75, 3.05) is 24.2 Å². The Morgan fingerprint density at radius 3 is 2.88 bits per heavy atom. The van der Waals surface area contributed by atoms with Gasteiger partial charge in [0.1, 0.15) is 36.7 Å². The molecule has 1 saturated heterocycles. The summed E-state index contributed by atoms with van der Waals surface area (Å²) in [6.07, 6.45) is 9.72. The van der Waals surface area contributed by atoms with Crippen LogP contribution < -0.4 is 20.8 Å². The molecule has 3 N–H and O–H groups in total. The van der Waals surface area contributed by atoms with Crippen molar-refractivity contribution in [1.82, 2.24) is 25.2 Å². The second kappa shape index (κ2) is 10.7. The maximum Gasteiger partial charge on any atom is 0.284 e. The molecule has 3 aliphatic rings. The molecule has 6 rings (SSSR count). The van der Waals surface area contributed by atoms with Gasteiger partial charge in [0, 0.05) is 28.9 Å². The lowest BCUT2D eigenvalue weighted by molar-refractivity contribution is -0.114. The summed E-state index contributed by atoms with van der Waals surface area (Å²) in [4.78, 5) is 29.4. The Hall–Kier alpha value is -4.84. The summed E-state index contributed by atoms with van der Waals surface area (Å²) in [5.41, 5.74) is 5.75. The van der Waals surface area contributed by atoms with Crippen LogP contribution in [0.4, 0.5) is 21.6 Å². The van der Waals surface area contributed by atoms with E-state index >= 15 is 0 Å². The number of fused-ring (bicyclic) bond motifs is 2. The van der Waals surface area contributed by atoms with Crippen molar-refractivity contribution in [2.24, 2.45) is 10.1 Å². The number of likely N-dealkylation sites (tertiary alicyclic amines) is 1. The lowest BCUT2D eigenvalue weighted by atomic mass is 10.1. The highest BCUT2D eigenvalue weighted by molar-refractivity contribution is 6.04. The number of carbonyl (C=O) groups is 1. The lowest BCUT2D eigenvalue weighted by Gasteiger charge is -2.21. The third-order valence-corrected chi connectivity index (χ3v) is 7.02. The first-order chi connectivity index (χ1) is 19.4. The highest BCUT2D eigenvalue weighted by Crippen LogP contribution is 2.30. The van der Waals surface area contributed by atoms with Crippen LogP contribution in [0.15, 0.2) is 76.7 Å². The van der Waals surface area contributed by atoms with Crippen LogP contribution in [0.1, 0.15) is 18.4 Å². The molecule has 11 nitrogen and oxygen atoms in total. The number of rotatable bonds is 7. The fraction of sp³-hybridized carbons (Fsp3) is 0.250. The summed E-state index contributed by atoms with van der Waals surface area (Å²) < 4.78 is 20.6. The van der Waals surface area contributed by atoms with Crippen molar-refractivity contribution in [1.29, 1.82) is 0 Å². The van der Waals surface area contributed by atoms with Gasteiger partial charge in [-0.3, -0.25) is 20.0 Å². The number of benzene rings is 2. The van der Waals surface area contributed by atoms with Gasteiger partial charge in [0.25, 0.3) is 5.91 Å². The molecule has 0 bridgehead atoms. The van der Waals surface area contributed by atoms with Gasteiger partial charge in [-0.2, -0.15) is 5.10 Å². The van der Waals surface area contributed by atoms with E-state index in [4.69, 9.17) is 4.74 Å². The minimum atomic E-state index is -0.792. The number of amides is 1. The lowest BCUT2D eigenvalue weighted by Crippen LogP contribution is -2.36. The molecule has 1 aromatic heterocycles. The SMILES string of the molecule is Cc1cc(Nc2ncnc3ccc(NC(=O)/C(F)=C/[C@H]4CCCN4C)cc23)ccc1OC1=CC2NN=CN2C=N1. The molecule has 40 heavy (non-hydrogen) atoms. The number of ether oxygens (including phenoxy) is 1.